The largest absolute Gasteiger partial charge is 0.454 e. The van der Waals surface area contributed by atoms with E-state index in [2.05, 4.69) is 5.32 Å². The second-order valence-electron chi connectivity index (χ2n) is 5.09. The van der Waals surface area contributed by atoms with E-state index in [1.807, 2.05) is 18.2 Å². The summed E-state index contributed by atoms with van der Waals surface area (Å²) in [6.07, 6.45) is 1.68. The van der Waals surface area contributed by atoms with Crippen LogP contribution in [0.25, 0.3) is 0 Å². The van der Waals surface area contributed by atoms with Crippen molar-refractivity contribution in [1.82, 2.24) is 5.32 Å². The molecule has 0 spiro atoms. The first-order chi connectivity index (χ1) is 9.31. The van der Waals surface area contributed by atoms with Crippen LogP contribution < -0.4 is 14.8 Å². The monoisotopic (exact) mass is 265 g/mol. The van der Waals surface area contributed by atoms with Gasteiger partial charge in [-0.1, -0.05) is 6.07 Å². The summed E-state index contributed by atoms with van der Waals surface area (Å²) in [5.41, 5.74) is 0.915. The molecule has 104 valence electrons. The SMILES string of the molecule is OCC1(NCc2ccc3c(c2)OCO3)CCOCC1. The lowest BCUT2D eigenvalue weighted by Crippen LogP contribution is -2.51. The Labute approximate surface area is 112 Å². The van der Waals surface area contributed by atoms with Crippen LogP contribution in [0, 0.1) is 0 Å². The predicted molar refractivity (Wildman–Crippen MR) is 69.3 cm³/mol. The van der Waals surface area contributed by atoms with Crippen LogP contribution in [-0.2, 0) is 11.3 Å². The molecule has 0 unspecified atom stereocenters. The van der Waals surface area contributed by atoms with Crippen LogP contribution in [0.1, 0.15) is 18.4 Å². The van der Waals surface area contributed by atoms with Gasteiger partial charge in [0.2, 0.25) is 6.79 Å². The van der Waals surface area contributed by atoms with Crippen molar-refractivity contribution in [3.8, 4) is 11.5 Å². The van der Waals surface area contributed by atoms with Crippen molar-refractivity contribution >= 4 is 0 Å². The van der Waals surface area contributed by atoms with Gasteiger partial charge >= 0.3 is 0 Å². The minimum absolute atomic E-state index is 0.140. The van der Waals surface area contributed by atoms with Gasteiger partial charge in [0.15, 0.2) is 11.5 Å². The van der Waals surface area contributed by atoms with E-state index in [0.29, 0.717) is 26.6 Å². The molecule has 1 saturated heterocycles. The standard InChI is InChI=1S/C14H19NO4/c16-9-14(3-5-17-6-4-14)15-8-11-1-2-12-13(7-11)19-10-18-12/h1-2,7,15-16H,3-6,8-10H2. The van der Waals surface area contributed by atoms with Gasteiger partial charge in [-0.15, -0.1) is 0 Å². The van der Waals surface area contributed by atoms with Crippen molar-refractivity contribution in [2.45, 2.75) is 24.9 Å². The summed E-state index contributed by atoms with van der Waals surface area (Å²) in [7, 11) is 0. The predicted octanol–water partition coefficient (Wildman–Crippen LogP) is 1.05. The maximum absolute atomic E-state index is 9.61. The van der Waals surface area contributed by atoms with Gasteiger partial charge in [-0.3, -0.25) is 0 Å². The third-order valence-corrected chi connectivity index (χ3v) is 3.86. The lowest BCUT2D eigenvalue weighted by Gasteiger charge is -2.36. The van der Waals surface area contributed by atoms with Gasteiger partial charge in [-0.2, -0.15) is 0 Å². The molecule has 0 bridgehead atoms. The van der Waals surface area contributed by atoms with Crippen LogP contribution in [0.3, 0.4) is 0 Å². The molecule has 0 saturated carbocycles. The molecular formula is C14H19NO4. The Bertz CT molecular complexity index is 443. The zero-order valence-corrected chi connectivity index (χ0v) is 10.9. The number of aliphatic hydroxyl groups is 1. The maximum atomic E-state index is 9.61. The lowest BCUT2D eigenvalue weighted by atomic mass is 9.90. The van der Waals surface area contributed by atoms with Gasteiger partial charge in [0.05, 0.1) is 6.61 Å². The Balaban J connectivity index is 1.65. The molecule has 2 N–H and O–H groups in total. The van der Waals surface area contributed by atoms with Crippen molar-refractivity contribution in [1.29, 1.82) is 0 Å². The zero-order valence-electron chi connectivity index (χ0n) is 10.9. The second-order valence-corrected chi connectivity index (χ2v) is 5.09. The number of hydrogen-bond donors (Lipinski definition) is 2. The lowest BCUT2D eigenvalue weighted by molar-refractivity contribution is 0.0111. The zero-order chi connectivity index (χ0) is 13.1. The van der Waals surface area contributed by atoms with Crippen LogP contribution in [0.5, 0.6) is 11.5 Å². The summed E-state index contributed by atoms with van der Waals surface area (Å²) in [5, 5.41) is 13.1. The Morgan fingerprint density at radius 2 is 1.95 bits per heavy atom. The van der Waals surface area contributed by atoms with Crippen molar-refractivity contribution < 1.29 is 19.3 Å². The molecule has 0 aromatic heterocycles. The van der Waals surface area contributed by atoms with E-state index in [9.17, 15) is 5.11 Å². The van der Waals surface area contributed by atoms with Crippen molar-refractivity contribution in [3.05, 3.63) is 23.8 Å². The van der Waals surface area contributed by atoms with Gasteiger partial charge in [-0.25, -0.2) is 0 Å². The van der Waals surface area contributed by atoms with E-state index < -0.39 is 0 Å². The quantitative estimate of drug-likeness (QED) is 0.852. The minimum Gasteiger partial charge on any atom is -0.454 e. The molecule has 2 heterocycles. The highest BCUT2D eigenvalue weighted by molar-refractivity contribution is 5.44. The summed E-state index contributed by atoms with van der Waals surface area (Å²) < 4.78 is 16.0. The first kappa shape index (κ1) is 12.7. The highest BCUT2D eigenvalue weighted by Crippen LogP contribution is 2.32. The molecule has 5 heteroatoms. The summed E-state index contributed by atoms with van der Waals surface area (Å²) in [6, 6.07) is 5.93. The average molecular weight is 265 g/mol. The van der Waals surface area contributed by atoms with Gasteiger partial charge < -0.3 is 24.6 Å². The molecular weight excluding hydrogens is 246 g/mol. The smallest absolute Gasteiger partial charge is 0.231 e. The highest BCUT2D eigenvalue weighted by atomic mass is 16.7. The molecule has 1 aromatic carbocycles. The normalized spacial score (nSPS) is 20.5. The molecule has 1 aromatic rings. The van der Waals surface area contributed by atoms with E-state index in [1.165, 1.54) is 0 Å². The molecule has 0 amide bonds. The maximum Gasteiger partial charge on any atom is 0.231 e. The highest BCUT2D eigenvalue weighted by Gasteiger charge is 2.31. The minimum atomic E-state index is -0.214. The number of ether oxygens (including phenoxy) is 3. The number of aliphatic hydroxyl groups excluding tert-OH is 1. The van der Waals surface area contributed by atoms with Crippen molar-refractivity contribution in [2.24, 2.45) is 0 Å². The van der Waals surface area contributed by atoms with Crippen molar-refractivity contribution in [3.63, 3.8) is 0 Å². The van der Waals surface area contributed by atoms with E-state index in [4.69, 9.17) is 14.2 Å². The van der Waals surface area contributed by atoms with Gasteiger partial charge in [0, 0.05) is 25.3 Å². The molecule has 0 radical (unpaired) electrons. The first-order valence-corrected chi connectivity index (χ1v) is 6.63. The van der Waals surface area contributed by atoms with Crippen LogP contribution in [0.2, 0.25) is 0 Å². The molecule has 1 fully saturated rings. The fraction of sp³-hybridized carbons (Fsp3) is 0.571. The third kappa shape index (κ3) is 2.68. The first-order valence-electron chi connectivity index (χ1n) is 6.63. The van der Waals surface area contributed by atoms with E-state index in [1.54, 1.807) is 0 Å². The Morgan fingerprint density at radius 3 is 2.74 bits per heavy atom. The van der Waals surface area contributed by atoms with Crippen LogP contribution in [0.4, 0.5) is 0 Å². The number of hydrogen-bond acceptors (Lipinski definition) is 5. The Morgan fingerprint density at radius 1 is 1.16 bits per heavy atom. The summed E-state index contributed by atoms with van der Waals surface area (Å²) in [5.74, 6) is 1.59. The number of benzene rings is 1. The van der Waals surface area contributed by atoms with Gasteiger partial charge in [0.1, 0.15) is 0 Å². The third-order valence-electron chi connectivity index (χ3n) is 3.86. The molecule has 3 rings (SSSR count). The molecule has 19 heavy (non-hydrogen) atoms. The molecule has 0 aliphatic carbocycles. The second kappa shape index (κ2) is 5.36. The number of rotatable bonds is 4. The van der Waals surface area contributed by atoms with Crippen LogP contribution in [-0.4, -0.2) is 37.3 Å². The van der Waals surface area contributed by atoms with Crippen molar-refractivity contribution in [2.75, 3.05) is 26.6 Å². The van der Waals surface area contributed by atoms with E-state index in [0.717, 1.165) is 29.9 Å². The molecule has 2 aliphatic heterocycles. The van der Waals surface area contributed by atoms with Crippen LogP contribution in [0.15, 0.2) is 18.2 Å². The van der Waals surface area contributed by atoms with Gasteiger partial charge in [0.25, 0.3) is 0 Å². The van der Waals surface area contributed by atoms with Gasteiger partial charge in [-0.05, 0) is 30.5 Å². The van der Waals surface area contributed by atoms with E-state index >= 15 is 0 Å². The number of fused-ring (bicyclic) bond motifs is 1. The van der Waals surface area contributed by atoms with E-state index in [-0.39, 0.29) is 12.1 Å². The fourth-order valence-corrected chi connectivity index (χ4v) is 2.49. The molecule has 5 nitrogen and oxygen atoms in total. The number of nitrogens with one attached hydrogen (secondary N) is 1. The van der Waals surface area contributed by atoms with Crippen LogP contribution >= 0.6 is 0 Å². The Hall–Kier alpha value is -1.30. The summed E-state index contributed by atoms with van der Waals surface area (Å²) >= 11 is 0. The summed E-state index contributed by atoms with van der Waals surface area (Å²) in [6.45, 7) is 2.55. The average Bonchev–Trinajstić information content (AvgIpc) is 2.93. The molecule has 2 aliphatic rings. The topological polar surface area (TPSA) is 60.0 Å². The molecule has 0 atom stereocenters. The fourth-order valence-electron chi connectivity index (χ4n) is 2.49. The summed E-state index contributed by atoms with van der Waals surface area (Å²) in [4.78, 5) is 0. The Kier molecular flexibility index (Phi) is 3.59.